The van der Waals surface area contributed by atoms with Gasteiger partial charge in [0.05, 0.1) is 0 Å². The Morgan fingerprint density at radius 3 is 2.62 bits per heavy atom. The minimum absolute atomic E-state index is 0.0746. The van der Waals surface area contributed by atoms with Gasteiger partial charge in [0.1, 0.15) is 5.66 Å². The molecule has 0 fully saturated rings. The Bertz CT molecular complexity index is 424. The van der Waals surface area contributed by atoms with E-state index in [4.69, 9.17) is 11.5 Å². The minimum atomic E-state index is -0.767. The van der Waals surface area contributed by atoms with Crippen LogP contribution in [0.4, 0.5) is 0 Å². The van der Waals surface area contributed by atoms with Gasteiger partial charge < -0.3 is 16.8 Å². The Morgan fingerprint density at radius 1 is 1.31 bits per heavy atom. The van der Waals surface area contributed by atoms with E-state index in [1.54, 1.807) is 6.20 Å². The van der Waals surface area contributed by atoms with Gasteiger partial charge in [-0.15, -0.1) is 0 Å². The molecule has 2 atom stereocenters. The van der Waals surface area contributed by atoms with Gasteiger partial charge in [-0.1, -0.05) is 37.3 Å². The Hall–Kier alpha value is -1.81. The maximum absolute atomic E-state index is 6.23. The second-order valence-corrected chi connectivity index (χ2v) is 3.99. The number of nitrogens with zero attached hydrogens (tertiary/aromatic N) is 1. The van der Waals surface area contributed by atoms with Crippen LogP contribution >= 0.6 is 0 Å². The summed E-state index contributed by atoms with van der Waals surface area (Å²) in [6, 6.07) is 10.1. The fourth-order valence-corrected chi connectivity index (χ4v) is 1.79. The zero-order valence-electron chi connectivity index (χ0n) is 9.22. The fraction of sp³-hybridized carbons (Fsp3) is 0.250. The van der Waals surface area contributed by atoms with E-state index >= 15 is 0 Å². The molecule has 0 saturated carbocycles. The third kappa shape index (κ3) is 1.92. The average Bonchev–Trinajstić information content (AvgIpc) is 2.29. The van der Waals surface area contributed by atoms with E-state index in [0.717, 1.165) is 5.56 Å². The quantitative estimate of drug-likeness (QED) is 0.686. The number of hydrogen-bond acceptors (Lipinski definition) is 4. The molecule has 0 bridgehead atoms. The summed E-state index contributed by atoms with van der Waals surface area (Å²) < 4.78 is 0. The summed E-state index contributed by atoms with van der Waals surface area (Å²) >= 11 is 0. The van der Waals surface area contributed by atoms with Crippen LogP contribution in [0.3, 0.4) is 0 Å². The van der Waals surface area contributed by atoms with Gasteiger partial charge in [0.2, 0.25) is 0 Å². The van der Waals surface area contributed by atoms with Crippen molar-refractivity contribution in [2.45, 2.75) is 18.5 Å². The molecule has 1 aromatic rings. The van der Waals surface area contributed by atoms with Crippen LogP contribution in [0.5, 0.6) is 0 Å². The van der Waals surface area contributed by atoms with Crippen LogP contribution in [0.2, 0.25) is 0 Å². The van der Waals surface area contributed by atoms with E-state index in [0.29, 0.717) is 5.96 Å². The molecule has 0 aliphatic carbocycles. The molecule has 84 valence electrons. The maximum Gasteiger partial charge on any atom is 0.194 e. The number of nitrogens with two attached hydrogens (primary N) is 2. The monoisotopic (exact) mass is 216 g/mol. The molecule has 0 radical (unpaired) electrons. The van der Waals surface area contributed by atoms with Crippen LogP contribution in [0.15, 0.2) is 47.6 Å². The van der Waals surface area contributed by atoms with Crippen molar-refractivity contribution < 1.29 is 0 Å². The molecule has 2 rings (SSSR count). The largest absolute Gasteiger partial charge is 0.370 e. The van der Waals surface area contributed by atoms with Crippen molar-refractivity contribution in [3.63, 3.8) is 0 Å². The molecule has 5 N–H and O–H groups in total. The molecule has 0 spiro atoms. The molecule has 0 amide bonds. The lowest BCUT2D eigenvalue weighted by atomic mass is 9.88. The van der Waals surface area contributed by atoms with Crippen molar-refractivity contribution in [3.05, 3.63) is 48.2 Å². The number of hydrogen-bond donors (Lipinski definition) is 3. The zero-order chi connectivity index (χ0) is 11.6. The van der Waals surface area contributed by atoms with Gasteiger partial charge in [-0.3, -0.25) is 0 Å². The molecule has 4 nitrogen and oxygen atoms in total. The summed E-state index contributed by atoms with van der Waals surface area (Å²) in [7, 11) is 0. The van der Waals surface area contributed by atoms with E-state index in [-0.39, 0.29) is 5.92 Å². The second kappa shape index (κ2) is 3.98. The normalized spacial score (nSPS) is 25.8. The van der Waals surface area contributed by atoms with Gasteiger partial charge in [-0.05, 0) is 11.6 Å². The Kier molecular flexibility index (Phi) is 2.66. The van der Waals surface area contributed by atoms with E-state index < -0.39 is 5.66 Å². The highest BCUT2D eigenvalue weighted by atomic mass is 15.2. The van der Waals surface area contributed by atoms with Crippen molar-refractivity contribution in [3.8, 4) is 0 Å². The molecule has 1 aromatic carbocycles. The first-order chi connectivity index (χ1) is 7.62. The highest BCUT2D eigenvalue weighted by Gasteiger charge is 2.31. The fourth-order valence-electron chi connectivity index (χ4n) is 1.79. The molecule has 1 aliphatic heterocycles. The van der Waals surface area contributed by atoms with Gasteiger partial charge in [0.25, 0.3) is 0 Å². The lowest BCUT2D eigenvalue weighted by Crippen LogP contribution is -2.47. The standard InChI is InChI=1S/C12H16N4/c1-9(10-5-3-2-4-6-10)12(14)7-8-15-11(13)16-12/h2-9H,14H2,1H3,(H3,13,15,16). The minimum Gasteiger partial charge on any atom is -0.370 e. The van der Waals surface area contributed by atoms with E-state index in [1.807, 2.05) is 43.3 Å². The van der Waals surface area contributed by atoms with Crippen LogP contribution in [0.1, 0.15) is 18.4 Å². The van der Waals surface area contributed by atoms with Crippen molar-refractivity contribution in [1.29, 1.82) is 0 Å². The summed E-state index contributed by atoms with van der Waals surface area (Å²) in [5.41, 5.74) is 12.2. The topological polar surface area (TPSA) is 76.4 Å². The molecule has 4 heteroatoms. The molecule has 0 aromatic heterocycles. The third-order valence-corrected chi connectivity index (χ3v) is 2.89. The summed E-state index contributed by atoms with van der Waals surface area (Å²) in [6.45, 7) is 2.04. The predicted octanol–water partition coefficient (Wildman–Crippen LogP) is 0.877. The molecular formula is C12H16N4. The van der Waals surface area contributed by atoms with Crippen LogP contribution in [0.25, 0.3) is 0 Å². The van der Waals surface area contributed by atoms with Crippen LogP contribution in [-0.4, -0.2) is 11.6 Å². The molecule has 2 unspecified atom stereocenters. The summed E-state index contributed by atoms with van der Waals surface area (Å²) in [6.07, 6.45) is 3.57. The number of benzene rings is 1. The lowest BCUT2D eigenvalue weighted by molar-refractivity contribution is 0.458. The van der Waals surface area contributed by atoms with Crippen molar-refractivity contribution >= 4 is 5.96 Å². The molecular weight excluding hydrogens is 200 g/mol. The number of guanidine groups is 1. The summed E-state index contributed by atoms with van der Waals surface area (Å²) in [5.74, 6) is 0.429. The molecule has 1 heterocycles. The Balaban J connectivity index is 2.31. The summed E-state index contributed by atoms with van der Waals surface area (Å²) in [4.78, 5) is 4.26. The zero-order valence-corrected chi connectivity index (χ0v) is 9.22. The second-order valence-electron chi connectivity index (χ2n) is 3.99. The van der Waals surface area contributed by atoms with E-state index in [9.17, 15) is 0 Å². The van der Waals surface area contributed by atoms with Gasteiger partial charge in [0.15, 0.2) is 5.96 Å². The Labute approximate surface area is 95.1 Å². The first-order valence-corrected chi connectivity index (χ1v) is 5.25. The lowest BCUT2D eigenvalue weighted by Gasteiger charge is -2.31. The highest BCUT2D eigenvalue weighted by Crippen LogP contribution is 2.29. The summed E-state index contributed by atoms with van der Waals surface area (Å²) in [5, 5.41) is 2.81. The van der Waals surface area contributed by atoms with Crippen LogP contribution < -0.4 is 16.8 Å². The average molecular weight is 216 g/mol. The first-order valence-electron chi connectivity index (χ1n) is 5.25. The predicted molar refractivity (Wildman–Crippen MR) is 65.7 cm³/mol. The van der Waals surface area contributed by atoms with Crippen LogP contribution in [0, 0.1) is 0 Å². The molecule has 1 aliphatic rings. The smallest absolute Gasteiger partial charge is 0.194 e. The van der Waals surface area contributed by atoms with Gasteiger partial charge in [-0.2, -0.15) is 0 Å². The van der Waals surface area contributed by atoms with E-state index in [1.165, 1.54) is 0 Å². The Morgan fingerprint density at radius 2 is 2.00 bits per heavy atom. The molecule has 0 saturated heterocycles. The number of rotatable bonds is 2. The van der Waals surface area contributed by atoms with Gasteiger partial charge in [0, 0.05) is 12.1 Å². The molecule has 16 heavy (non-hydrogen) atoms. The highest BCUT2D eigenvalue weighted by molar-refractivity contribution is 5.80. The van der Waals surface area contributed by atoms with E-state index in [2.05, 4.69) is 10.3 Å². The maximum atomic E-state index is 6.23. The van der Waals surface area contributed by atoms with Crippen molar-refractivity contribution in [2.24, 2.45) is 16.5 Å². The SMILES string of the molecule is CC(c1ccccc1)C1(N)C=CNC(N)=N1. The van der Waals surface area contributed by atoms with Crippen LogP contribution in [-0.2, 0) is 0 Å². The van der Waals surface area contributed by atoms with Crippen molar-refractivity contribution in [1.82, 2.24) is 5.32 Å². The number of nitrogens with one attached hydrogen (secondary N) is 1. The van der Waals surface area contributed by atoms with Gasteiger partial charge >= 0.3 is 0 Å². The number of aliphatic imine (C=N–C) groups is 1. The van der Waals surface area contributed by atoms with Crippen molar-refractivity contribution in [2.75, 3.05) is 0 Å². The van der Waals surface area contributed by atoms with Gasteiger partial charge in [-0.25, -0.2) is 4.99 Å². The third-order valence-electron chi connectivity index (χ3n) is 2.89. The first kappa shape index (κ1) is 10.7.